The summed E-state index contributed by atoms with van der Waals surface area (Å²) in [7, 11) is 0. The van der Waals surface area contributed by atoms with Gasteiger partial charge in [0.25, 0.3) is 0 Å². The molecular formula is C13H15BrN2S. The zero-order chi connectivity index (χ0) is 12.3. The smallest absolute Gasteiger partial charge is 0.0347 e. The lowest BCUT2D eigenvalue weighted by Gasteiger charge is -2.14. The maximum Gasteiger partial charge on any atom is 0.0347 e. The standard InChI is InChI=1S/C13H15BrN2S/c1-2-9-7-16-4-3-12(9)13(15)6-11-5-10(14)8-17-11/h3-5,7-8,13H,2,6,15H2,1H3. The molecule has 2 aromatic rings. The van der Waals surface area contributed by atoms with Crippen molar-refractivity contribution in [3.05, 3.63) is 50.4 Å². The Hall–Kier alpha value is -0.710. The molecule has 0 radical (unpaired) electrons. The van der Waals surface area contributed by atoms with Crippen LogP contribution in [0.15, 0.2) is 34.4 Å². The maximum atomic E-state index is 6.28. The van der Waals surface area contributed by atoms with Crippen molar-refractivity contribution in [2.24, 2.45) is 5.73 Å². The van der Waals surface area contributed by atoms with Gasteiger partial charge in [0, 0.05) is 39.6 Å². The quantitative estimate of drug-likeness (QED) is 0.935. The average molecular weight is 311 g/mol. The summed E-state index contributed by atoms with van der Waals surface area (Å²) in [6, 6.07) is 4.22. The van der Waals surface area contributed by atoms with Crippen molar-refractivity contribution < 1.29 is 0 Å². The van der Waals surface area contributed by atoms with Crippen molar-refractivity contribution >= 4 is 27.3 Å². The van der Waals surface area contributed by atoms with E-state index in [0.29, 0.717) is 0 Å². The van der Waals surface area contributed by atoms with E-state index < -0.39 is 0 Å². The Kier molecular flexibility index (Phi) is 4.31. The number of pyridine rings is 1. The van der Waals surface area contributed by atoms with Gasteiger partial charge in [-0.3, -0.25) is 4.98 Å². The largest absolute Gasteiger partial charge is 0.324 e. The van der Waals surface area contributed by atoms with Crippen LogP contribution in [0.2, 0.25) is 0 Å². The molecule has 0 aliphatic carbocycles. The topological polar surface area (TPSA) is 38.9 Å². The van der Waals surface area contributed by atoms with E-state index >= 15 is 0 Å². The summed E-state index contributed by atoms with van der Waals surface area (Å²) < 4.78 is 1.13. The lowest BCUT2D eigenvalue weighted by molar-refractivity contribution is 0.717. The average Bonchev–Trinajstić information content (AvgIpc) is 2.74. The first-order valence-corrected chi connectivity index (χ1v) is 7.29. The monoisotopic (exact) mass is 310 g/mol. The molecule has 0 bridgehead atoms. The van der Waals surface area contributed by atoms with E-state index in [9.17, 15) is 0 Å². The van der Waals surface area contributed by atoms with Crippen LogP contribution >= 0.6 is 27.3 Å². The summed E-state index contributed by atoms with van der Waals surface area (Å²) in [5.74, 6) is 0. The van der Waals surface area contributed by atoms with Crippen molar-refractivity contribution in [2.75, 3.05) is 0 Å². The molecule has 2 aromatic heterocycles. The molecule has 0 aliphatic heterocycles. The third-order valence-corrected chi connectivity index (χ3v) is 4.48. The number of aromatic nitrogens is 1. The third kappa shape index (κ3) is 3.15. The van der Waals surface area contributed by atoms with E-state index in [4.69, 9.17) is 5.73 Å². The molecule has 0 saturated carbocycles. The molecule has 2 nitrogen and oxygen atoms in total. The molecule has 2 heterocycles. The lowest BCUT2D eigenvalue weighted by Crippen LogP contribution is -2.15. The molecule has 1 unspecified atom stereocenters. The van der Waals surface area contributed by atoms with Gasteiger partial charge in [0.1, 0.15) is 0 Å². The fourth-order valence-corrected chi connectivity index (χ4v) is 3.39. The van der Waals surface area contributed by atoms with E-state index in [1.54, 1.807) is 11.3 Å². The first-order valence-electron chi connectivity index (χ1n) is 5.62. The summed E-state index contributed by atoms with van der Waals surface area (Å²) >= 11 is 5.21. The zero-order valence-electron chi connectivity index (χ0n) is 9.69. The van der Waals surface area contributed by atoms with E-state index in [2.05, 4.69) is 39.3 Å². The summed E-state index contributed by atoms with van der Waals surface area (Å²) in [6.07, 6.45) is 5.59. The van der Waals surface area contributed by atoms with Gasteiger partial charge in [-0.25, -0.2) is 0 Å². The number of nitrogens with two attached hydrogens (primary N) is 1. The van der Waals surface area contributed by atoms with Gasteiger partial charge in [0.05, 0.1) is 0 Å². The Balaban J connectivity index is 2.16. The van der Waals surface area contributed by atoms with Crippen LogP contribution in [0.5, 0.6) is 0 Å². The zero-order valence-corrected chi connectivity index (χ0v) is 12.1. The van der Waals surface area contributed by atoms with E-state index in [0.717, 1.165) is 17.3 Å². The van der Waals surface area contributed by atoms with Crippen molar-refractivity contribution in [3.8, 4) is 0 Å². The first-order chi connectivity index (χ1) is 8.20. The van der Waals surface area contributed by atoms with Gasteiger partial charge in [-0.05, 0) is 45.6 Å². The minimum Gasteiger partial charge on any atom is -0.324 e. The Bertz CT molecular complexity index is 496. The molecule has 2 rings (SSSR count). The van der Waals surface area contributed by atoms with Crippen molar-refractivity contribution in [2.45, 2.75) is 25.8 Å². The minimum atomic E-state index is 0.0542. The van der Waals surface area contributed by atoms with Crippen LogP contribution in [-0.4, -0.2) is 4.98 Å². The van der Waals surface area contributed by atoms with Gasteiger partial charge in [0.2, 0.25) is 0 Å². The van der Waals surface area contributed by atoms with Crippen LogP contribution in [-0.2, 0) is 12.8 Å². The SMILES string of the molecule is CCc1cnccc1C(N)Cc1cc(Br)cs1. The summed E-state index contributed by atoms with van der Waals surface area (Å²) in [5.41, 5.74) is 8.74. The van der Waals surface area contributed by atoms with Gasteiger partial charge >= 0.3 is 0 Å². The highest BCUT2D eigenvalue weighted by molar-refractivity contribution is 9.10. The second-order valence-corrected chi connectivity index (χ2v) is 5.88. The predicted octanol–water partition coefficient (Wildman–Crippen LogP) is 3.71. The molecule has 0 aliphatic rings. The third-order valence-electron chi connectivity index (χ3n) is 2.76. The molecule has 0 fully saturated rings. The highest BCUT2D eigenvalue weighted by atomic mass is 79.9. The van der Waals surface area contributed by atoms with Gasteiger partial charge in [-0.1, -0.05) is 6.92 Å². The van der Waals surface area contributed by atoms with Crippen molar-refractivity contribution in [1.82, 2.24) is 4.98 Å². The summed E-state index contributed by atoms with van der Waals surface area (Å²) in [4.78, 5) is 5.46. The minimum absolute atomic E-state index is 0.0542. The molecule has 17 heavy (non-hydrogen) atoms. The van der Waals surface area contributed by atoms with Crippen LogP contribution in [0, 0.1) is 0 Å². The van der Waals surface area contributed by atoms with Crippen LogP contribution in [0.1, 0.15) is 29.0 Å². The molecule has 0 saturated heterocycles. The second kappa shape index (κ2) is 5.76. The Labute approximate surface area is 114 Å². The number of thiophene rings is 1. The van der Waals surface area contributed by atoms with E-state index in [1.165, 1.54) is 16.0 Å². The second-order valence-electron chi connectivity index (χ2n) is 3.97. The van der Waals surface area contributed by atoms with Crippen molar-refractivity contribution in [3.63, 3.8) is 0 Å². The van der Waals surface area contributed by atoms with E-state index in [1.807, 2.05) is 18.5 Å². The molecule has 90 valence electrons. The number of nitrogens with zero attached hydrogens (tertiary/aromatic N) is 1. The number of aryl methyl sites for hydroxylation is 1. The van der Waals surface area contributed by atoms with Gasteiger partial charge in [-0.15, -0.1) is 11.3 Å². The summed E-state index contributed by atoms with van der Waals surface area (Å²) in [5, 5.41) is 2.09. The predicted molar refractivity (Wildman–Crippen MR) is 76.3 cm³/mol. The Morgan fingerprint density at radius 1 is 1.53 bits per heavy atom. The van der Waals surface area contributed by atoms with Gasteiger partial charge in [0.15, 0.2) is 0 Å². The molecular weight excluding hydrogens is 296 g/mol. The first kappa shape index (κ1) is 12.7. The normalized spacial score (nSPS) is 12.6. The highest BCUT2D eigenvalue weighted by Crippen LogP contribution is 2.25. The lowest BCUT2D eigenvalue weighted by atomic mass is 9.99. The number of halogens is 1. The molecule has 2 N–H and O–H groups in total. The Morgan fingerprint density at radius 2 is 2.35 bits per heavy atom. The van der Waals surface area contributed by atoms with Crippen LogP contribution in [0.25, 0.3) is 0 Å². The number of hydrogen-bond donors (Lipinski definition) is 1. The van der Waals surface area contributed by atoms with Crippen LogP contribution < -0.4 is 5.73 Å². The fraction of sp³-hybridized carbons (Fsp3) is 0.308. The van der Waals surface area contributed by atoms with Crippen molar-refractivity contribution in [1.29, 1.82) is 0 Å². The number of rotatable bonds is 4. The molecule has 0 aromatic carbocycles. The molecule has 0 spiro atoms. The van der Waals surface area contributed by atoms with E-state index in [-0.39, 0.29) is 6.04 Å². The summed E-state index contributed by atoms with van der Waals surface area (Å²) in [6.45, 7) is 2.13. The fourth-order valence-electron chi connectivity index (χ4n) is 1.88. The molecule has 0 amide bonds. The van der Waals surface area contributed by atoms with Crippen LogP contribution in [0.4, 0.5) is 0 Å². The number of hydrogen-bond acceptors (Lipinski definition) is 3. The van der Waals surface area contributed by atoms with Gasteiger partial charge < -0.3 is 5.73 Å². The highest BCUT2D eigenvalue weighted by Gasteiger charge is 2.11. The Morgan fingerprint density at radius 3 is 3.00 bits per heavy atom. The van der Waals surface area contributed by atoms with Crippen LogP contribution in [0.3, 0.4) is 0 Å². The van der Waals surface area contributed by atoms with Gasteiger partial charge in [-0.2, -0.15) is 0 Å². The molecule has 4 heteroatoms. The maximum absolute atomic E-state index is 6.28. The molecule has 1 atom stereocenters.